The first-order valence-electron chi connectivity index (χ1n) is 3.84. The maximum atomic E-state index is 11.0. The summed E-state index contributed by atoms with van der Waals surface area (Å²) in [6.07, 6.45) is 0. The lowest BCUT2D eigenvalue weighted by atomic mass is 10.0. The standard InChI is InChI=1S/C8H14INO2/c1-5(2)8(6(3)11)10-7(12)4-9/h5,8H,4H2,1-3H3,(H,10,12). The second-order valence-electron chi connectivity index (χ2n) is 3.03. The molecule has 1 amide bonds. The fraction of sp³-hybridized carbons (Fsp3) is 0.750. The molecule has 0 aliphatic heterocycles. The molecule has 70 valence electrons. The molecular weight excluding hydrogens is 269 g/mol. The number of alkyl halides is 1. The highest BCUT2D eigenvalue weighted by atomic mass is 127. The van der Waals surface area contributed by atoms with Gasteiger partial charge in [0.1, 0.15) is 0 Å². The van der Waals surface area contributed by atoms with E-state index >= 15 is 0 Å². The van der Waals surface area contributed by atoms with E-state index in [0.717, 1.165) is 0 Å². The number of carbonyl (C=O) groups is 2. The van der Waals surface area contributed by atoms with Crippen LogP contribution in [-0.4, -0.2) is 22.2 Å². The first-order chi connectivity index (χ1) is 5.49. The molecule has 0 saturated heterocycles. The number of hydrogen-bond donors (Lipinski definition) is 1. The smallest absolute Gasteiger partial charge is 0.230 e. The molecule has 1 atom stereocenters. The number of hydrogen-bond acceptors (Lipinski definition) is 2. The summed E-state index contributed by atoms with van der Waals surface area (Å²) in [5, 5.41) is 2.67. The number of amides is 1. The predicted molar refractivity (Wildman–Crippen MR) is 56.3 cm³/mol. The molecule has 1 N–H and O–H groups in total. The van der Waals surface area contributed by atoms with Crippen LogP contribution in [0.15, 0.2) is 0 Å². The molecule has 0 bridgehead atoms. The molecular formula is C8H14INO2. The quantitative estimate of drug-likeness (QED) is 0.621. The Labute approximate surface area is 86.4 Å². The van der Waals surface area contributed by atoms with Crippen LogP contribution in [0.2, 0.25) is 0 Å². The molecule has 0 aromatic heterocycles. The summed E-state index contributed by atoms with van der Waals surface area (Å²) < 4.78 is 0.397. The molecule has 3 nitrogen and oxygen atoms in total. The molecule has 0 rings (SSSR count). The Morgan fingerprint density at radius 2 is 1.92 bits per heavy atom. The van der Waals surface area contributed by atoms with Crippen molar-refractivity contribution in [2.75, 3.05) is 4.43 Å². The van der Waals surface area contributed by atoms with Crippen molar-refractivity contribution >= 4 is 34.3 Å². The van der Waals surface area contributed by atoms with Gasteiger partial charge in [0.15, 0.2) is 5.78 Å². The monoisotopic (exact) mass is 283 g/mol. The summed E-state index contributed by atoms with van der Waals surface area (Å²) in [6.45, 7) is 5.33. The highest BCUT2D eigenvalue weighted by molar-refractivity contribution is 14.1. The largest absolute Gasteiger partial charge is 0.345 e. The number of rotatable bonds is 4. The number of nitrogens with one attached hydrogen (secondary N) is 1. The van der Waals surface area contributed by atoms with Crippen molar-refractivity contribution < 1.29 is 9.59 Å². The Morgan fingerprint density at radius 1 is 1.42 bits per heavy atom. The number of ketones is 1. The summed E-state index contributed by atoms with van der Waals surface area (Å²) in [5.74, 6) is 0.0992. The van der Waals surface area contributed by atoms with Gasteiger partial charge in [-0.3, -0.25) is 9.59 Å². The maximum Gasteiger partial charge on any atom is 0.230 e. The zero-order chi connectivity index (χ0) is 9.72. The molecule has 0 saturated carbocycles. The van der Waals surface area contributed by atoms with E-state index in [-0.39, 0.29) is 23.7 Å². The number of carbonyl (C=O) groups excluding carboxylic acids is 2. The molecule has 1 unspecified atom stereocenters. The van der Waals surface area contributed by atoms with Crippen LogP contribution in [0.5, 0.6) is 0 Å². The maximum absolute atomic E-state index is 11.0. The molecule has 0 heterocycles. The van der Waals surface area contributed by atoms with Crippen molar-refractivity contribution in [3.05, 3.63) is 0 Å². The average Bonchev–Trinajstić information content (AvgIpc) is 1.98. The number of Topliss-reactive ketones (excluding diaryl/α,β-unsaturated/α-hetero) is 1. The van der Waals surface area contributed by atoms with Crippen LogP contribution in [0.3, 0.4) is 0 Å². The van der Waals surface area contributed by atoms with Gasteiger partial charge in [0.05, 0.1) is 10.5 Å². The minimum atomic E-state index is -0.327. The Balaban J connectivity index is 4.14. The van der Waals surface area contributed by atoms with Crippen LogP contribution >= 0.6 is 22.6 Å². The second-order valence-corrected chi connectivity index (χ2v) is 3.80. The van der Waals surface area contributed by atoms with Gasteiger partial charge in [0.25, 0.3) is 0 Å². The zero-order valence-corrected chi connectivity index (χ0v) is 9.71. The minimum absolute atomic E-state index is 0.0169. The first-order valence-corrected chi connectivity index (χ1v) is 5.37. The van der Waals surface area contributed by atoms with Crippen LogP contribution in [0.4, 0.5) is 0 Å². The van der Waals surface area contributed by atoms with Crippen molar-refractivity contribution in [2.45, 2.75) is 26.8 Å². The third kappa shape index (κ3) is 4.04. The molecule has 0 spiro atoms. The predicted octanol–water partition coefficient (Wildman–Crippen LogP) is 1.15. The lowest BCUT2D eigenvalue weighted by Crippen LogP contribution is -2.43. The number of halogens is 1. The van der Waals surface area contributed by atoms with Gasteiger partial charge in [-0.2, -0.15) is 0 Å². The van der Waals surface area contributed by atoms with E-state index in [9.17, 15) is 9.59 Å². The van der Waals surface area contributed by atoms with Crippen LogP contribution in [0, 0.1) is 5.92 Å². The fourth-order valence-corrected chi connectivity index (χ4v) is 1.17. The van der Waals surface area contributed by atoms with Gasteiger partial charge in [-0.1, -0.05) is 36.4 Å². The Bertz CT molecular complexity index is 180. The van der Waals surface area contributed by atoms with Crippen molar-refractivity contribution in [1.82, 2.24) is 5.32 Å². The molecule has 0 aliphatic rings. The normalized spacial score (nSPS) is 12.8. The van der Waals surface area contributed by atoms with E-state index < -0.39 is 0 Å². The molecule has 0 aliphatic carbocycles. The topological polar surface area (TPSA) is 46.2 Å². The SMILES string of the molecule is CC(=O)C(NC(=O)CI)C(C)C. The van der Waals surface area contributed by atoms with Crippen molar-refractivity contribution in [2.24, 2.45) is 5.92 Å². The lowest BCUT2D eigenvalue weighted by Gasteiger charge is -2.18. The van der Waals surface area contributed by atoms with E-state index in [1.54, 1.807) is 0 Å². The van der Waals surface area contributed by atoms with E-state index in [1.165, 1.54) is 6.92 Å². The van der Waals surface area contributed by atoms with E-state index in [4.69, 9.17) is 0 Å². The van der Waals surface area contributed by atoms with Gasteiger partial charge in [-0.05, 0) is 12.8 Å². The molecule has 0 aromatic rings. The van der Waals surface area contributed by atoms with Gasteiger partial charge >= 0.3 is 0 Å². The summed E-state index contributed by atoms with van der Waals surface area (Å²) in [7, 11) is 0. The highest BCUT2D eigenvalue weighted by Gasteiger charge is 2.19. The zero-order valence-electron chi connectivity index (χ0n) is 7.56. The summed E-state index contributed by atoms with van der Waals surface area (Å²) >= 11 is 1.97. The average molecular weight is 283 g/mol. The third-order valence-corrected chi connectivity index (χ3v) is 2.24. The summed E-state index contributed by atoms with van der Waals surface area (Å²) in [6, 6.07) is -0.327. The fourth-order valence-electron chi connectivity index (χ4n) is 0.950. The van der Waals surface area contributed by atoms with Crippen LogP contribution in [0.25, 0.3) is 0 Å². The Kier molecular flexibility index (Phi) is 5.44. The van der Waals surface area contributed by atoms with Gasteiger partial charge in [-0.25, -0.2) is 0 Å². The highest BCUT2D eigenvalue weighted by Crippen LogP contribution is 2.02. The van der Waals surface area contributed by atoms with E-state index in [2.05, 4.69) is 5.32 Å². The minimum Gasteiger partial charge on any atom is -0.345 e. The molecule has 12 heavy (non-hydrogen) atoms. The van der Waals surface area contributed by atoms with Crippen molar-refractivity contribution in [3.63, 3.8) is 0 Å². The third-order valence-electron chi connectivity index (χ3n) is 1.54. The van der Waals surface area contributed by atoms with Gasteiger partial charge in [0, 0.05) is 0 Å². The van der Waals surface area contributed by atoms with Gasteiger partial charge in [0.2, 0.25) is 5.91 Å². The van der Waals surface area contributed by atoms with Gasteiger partial charge in [-0.15, -0.1) is 0 Å². The summed E-state index contributed by atoms with van der Waals surface area (Å²) in [5.41, 5.74) is 0. The first kappa shape index (κ1) is 11.9. The lowest BCUT2D eigenvalue weighted by molar-refractivity contribution is -0.126. The van der Waals surface area contributed by atoms with Crippen LogP contribution < -0.4 is 5.32 Å². The van der Waals surface area contributed by atoms with Crippen molar-refractivity contribution in [1.29, 1.82) is 0 Å². The molecule has 0 radical (unpaired) electrons. The van der Waals surface area contributed by atoms with Gasteiger partial charge < -0.3 is 5.32 Å². The van der Waals surface area contributed by atoms with Crippen molar-refractivity contribution in [3.8, 4) is 0 Å². The van der Waals surface area contributed by atoms with Crippen LogP contribution in [0.1, 0.15) is 20.8 Å². The van der Waals surface area contributed by atoms with Crippen LogP contribution in [-0.2, 0) is 9.59 Å². The molecule has 0 aromatic carbocycles. The molecule has 4 heteroatoms. The van der Waals surface area contributed by atoms with E-state index in [1.807, 2.05) is 36.4 Å². The summed E-state index contributed by atoms with van der Waals surface area (Å²) in [4.78, 5) is 22.0. The molecule has 0 fully saturated rings. The van der Waals surface area contributed by atoms with E-state index in [0.29, 0.717) is 4.43 Å². The Morgan fingerprint density at radius 3 is 2.17 bits per heavy atom. The second kappa shape index (κ2) is 5.50. The Hall–Kier alpha value is -0.130.